The van der Waals surface area contributed by atoms with Crippen LogP contribution in [0.4, 0.5) is 11.4 Å². The highest BCUT2D eigenvalue weighted by molar-refractivity contribution is 5.97. The average Bonchev–Trinajstić information content (AvgIpc) is 2.84. The van der Waals surface area contributed by atoms with Gasteiger partial charge in [-0.3, -0.25) is 0 Å². The summed E-state index contributed by atoms with van der Waals surface area (Å²) in [7, 11) is 0. The molecule has 4 nitrogen and oxygen atoms in total. The second-order valence-corrected chi connectivity index (χ2v) is 5.35. The summed E-state index contributed by atoms with van der Waals surface area (Å²) in [5.41, 5.74) is 7.46. The Morgan fingerprint density at radius 3 is 2.76 bits per heavy atom. The lowest BCUT2D eigenvalue weighted by Crippen LogP contribution is -2.12. The second-order valence-electron chi connectivity index (χ2n) is 5.35. The molecule has 1 atom stereocenters. The third kappa shape index (κ3) is 2.35. The normalized spacial score (nSPS) is 20.9. The van der Waals surface area contributed by atoms with Crippen LogP contribution in [-0.2, 0) is 0 Å². The van der Waals surface area contributed by atoms with Crippen molar-refractivity contribution in [1.29, 1.82) is 0 Å². The van der Waals surface area contributed by atoms with E-state index >= 15 is 0 Å². The number of hydrogen-bond acceptors (Lipinski definition) is 3. The quantitative estimate of drug-likeness (QED) is 0.699. The zero-order chi connectivity index (χ0) is 12.6. The Kier molecular flexibility index (Phi) is 2.73. The minimum atomic E-state index is -0.949. The van der Waals surface area contributed by atoms with Gasteiger partial charge in [0.05, 0.1) is 16.9 Å². The predicted molar refractivity (Wildman–Crippen MR) is 68.2 cm³/mol. The number of carbonyl (C=O) groups is 1. The summed E-state index contributed by atoms with van der Waals surface area (Å²) in [6.45, 7) is 5.21. The summed E-state index contributed by atoms with van der Waals surface area (Å²) in [6, 6.07) is 4.94. The number of hydrogen-bond donors (Lipinski definition) is 3. The zero-order valence-corrected chi connectivity index (χ0v) is 10.2. The summed E-state index contributed by atoms with van der Waals surface area (Å²) in [5, 5.41) is 12.3. The van der Waals surface area contributed by atoms with Gasteiger partial charge in [-0.1, -0.05) is 19.9 Å². The topological polar surface area (TPSA) is 75.3 Å². The fourth-order valence-corrected chi connectivity index (χ4v) is 2.10. The van der Waals surface area contributed by atoms with E-state index in [-0.39, 0.29) is 5.56 Å². The summed E-state index contributed by atoms with van der Waals surface area (Å²) < 4.78 is 0. The van der Waals surface area contributed by atoms with Crippen LogP contribution in [0.3, 0.4) is 0 Å². The van der Waals surface area contributed by atoms with Gasteiger partial charge in [0.25, 0.3) is 0 Å². The number of para-hydroxylation sites is 1. The second kappa shape index (κ2) is 3.95. The molecule has 0 heterocycles. The number of carboxylic acid groups (broad SMARTS) is 1. The molecule has 1 unspecified atom stereocenters. The molecule has 1 fully saturated rings. The number of nitrogen functional groups attached to an aromatic ring is 1. The van der Waals surface area contributed by atoms with Crippen LogP contribution in [0.2, 0.25) is 0 Å². The SMILES string of the molecule is CC1(C)CC1CNc1c(N)cccc1C(=O)O. The summed E-state index contributed by atoms with van der Waals surface area (Å²) in [6.07, 6.45) is 1.18. The van der Waals surface area contributed by atoms with Crippen LogP contribution >= 0.6 is 0 Å². The van der Waals surface area contributed by atoms with Crippen molar-refractivity contribution < 1.29 is 9.90 Å². The predicted octanol–water partition coefficient (Wildman–Crippen LogP) is 2.42. The van der Waals surface area contributed by atoms with Crippen molar-refractivity contribution in [2.45, 2.75) is 20.3 Å². The maximum Gasteiger partial charge on any atom is 0.337 e. The lowest BCUT2D eigenvalue weighted by Gasteiger charge is -2.12. The van der Waals surface area contributed by atoms with Crippen LogP contribution in [-0.4, -0.2) is 17.6 Å². The molecule has 4 N–H and O–H groups in total. The number of carboxylic acids is 1. The lowest BCUT2D eigenvalue weighted by atomic mass is 10.1. The molecule has 1 aromatic carbocycles. The van der Waals surface area contributed by atoms with Crippen molar-refractivity contribution in [2.75, 3.05) is 17.6 Å². The van der Waals surface area contributed by atoms with Gasteiger partial charge in [-0.05, 0) is 29.9 Å². The van der Waals surface area contributed by atoms with Gasteiger partial charge in [0.2, 0.25) is 0 Å². The largest absolute Gasteiger partial charge is 0.478 e. The molecule has 17 heavy (non-hydrogen) atoms. The maximum absolute atomic E-state index is 11.1. The Balaban J connectivity index is 2.12. The highest BCUT2D eigenvalue weighted by Crippen LogP contribution is 2.51. The number of anilines is 2. The number of rotatable bonds is 4. The highest BCUT2D eigenvalue weighted by Gasteiger charge is 2.45. The number of aromatic carboxylic acids is 1. The van der Waals surface area contributed by atoms with E-state index in [1.54, 1.807) is 18.2 Å². The first-order valence-electron chi connectivity index (χ1n) is 5.77. The Morgan fingerprint density at radius 1 is 1.59 bits per heavy atom. The molecule has 0 amide bonds. The van der Waals surface area contributed by atoms with Gasteiger partial charge in [0, 0.05) is 6.54 Å². The third-order valence-corrected chi connectivity index (χ3v) is 3.57. The summed E-state index contributed by atoms with van der Waals surface area (Å²) in [5.74, 6) is -0.349. The maximum atomic E-state index is 11.1. The van der Waals surface area contributed by atoms with Crippen molar-refractivity contribution in [3.05, 3.63) is 23.8 Å². The Labute approximate surface area is 101 Å². The molecule has 0 aliphatic heterocycles. The van der Waals surface area contributed by atoms with Crippen LogP contribution in [0.15, 0.2) is 18.2 Å². The minimum absolute atomic E-state index is 0.239. The molecular formula is C13H18N2O2. The number of nitrogens with one attached hydrogen (secondary N) is 1. The monoisotopic (exact) mass is 234 g/mol. The molecule has 4 heteroatoms. The Hall–Kier alpha value is -1.71. The molecule has 0 saturated heterocycles. The molecular weight excluding hydrogens is 216 g/mol. The molecule has 0 bridgehead atoms. The van der Waals surface area contributed by atoms with Crippen LogP contribution < -0.4 is 11.1 Å². The first-order valence-corrected chi connectivity index (χ1v) is 5.77. The summed E-state index contributed by atoms with van der Waals surface area (Å²) in [4.78, 5) is 11.1. The van der Waals surface area contributed by atoms with E-state index in [2.05, 4.69) is 19.2 Å². The molecule has 92 valence electrons. The third-order valence-electron chi connectivity index (χ3n) is 3.57. The molecule has 1 saturated carbocycles. The molecule has 0 radical (unpaired) electrons. The van der Waals surface area contributed by atoms with Crippen molar-refractivity contribution in [3.63, 3.8) is 0 Å². The zero-order valence-electron chi connectivity index (χ0n) is 10.2. The fourth-order valence-electron chi connectivity index (χ4n) is 2.10. The average molecular weight is 234 g/mol. The van der Waals surface area contributed by atoms with Gasteiger partial charge in [0.1, 0.15) is 0 Å². The molecule has 1 aliphatic rings. The van der Waals surface area contributed by atoms with Gasteiger partial charge in [-0.2, -0.15) is 0 Å². The van der Waals surface area contributed by atoms with Crippen LogP contribution in [0.5, 0.6) is 0 Å². The van der Waals surface area contributed by atoms with Gasteiger partial charge in [-0.15, -0.1) is 0 Å². The molecule has 0 aromatic heterocycles. The molecule has 2 rings (SSSR count). The van der Waals surface area contributed by atoms with E-state index in [0.717, 1.165) is 6.54 Å². The van der Waals surface area contributed by atoms with Crippen molar-refractivity contribution in [2.24, 2.45) is 11.3 Å². The van der Waals surface area contributed by atoms with E-state index in [9.17, 15) is 4.79 Å². The standard InChI is InChI=1S/C13H18N2O2/c1-13(2)6-8(13)7-15-11-9(12(16)17)4-3-5-10(11)14/h3-5,8,15H,6-7,14H2,1-2H3,(H,16,17). The van der Waals surface area contributed by atoms with Crippen LogP contribution in [0.1, 0.15) is 30.6 Å². The Bertz CT molecular complexity index is 455. The minimum Gasteiger partial charge on any atom is -0.478 e. The molecule has 1 aliphatic carbocycles. The smallest absolute Gasteiger partial charge is 0.337 e. The van der Waals surface area contributed by atoms with Crippen molar-refractivity contribution in [1.82, 2.24) is 0 Å². The fraction of sp³-hybridized carbons (Fsp3) is 0.462. The highest BCUT2D eigenvalue weighted by atomic mass is 16.4. The summed E-state index contributed by atoms with van der Waals surface area (Å²) >= 11 is 0. The van der Waals surface area contributed by atoms with E-state index in [1.165, 1.54) is 6.42 Å². The Morgan fingerprint density at radius 2 is 2.24 bits per heavy atom. The van der Waals surface area contributed by atoms with E-state index in [4.69, 9.17) is 10.8 Å². The van der Waals surface area contributed by atoms with Gasteiger partial charge >= 0.3 is 5.97 Å². The first-order chi connectivity index (χ1) is 7.92. The van der Waals surface area contributed by atoms with E-state index in [0.29, 0.717) is 22.7 Å². The van der Waals surface area contributed by atoms with Crippen molar-refractivity contribution in [3.8, 4) is 0 Å². The van der Waals surface area contributed by atoms with Crippen LogP contribution in [0.25, 0.3) is 0 Å². The van der Waals surface area contributed by atoms with Gasteiger partial charge in [0.15, 0.2) is 0 Å². The van der Waals surface area contributed by atoms with E-state index < -0.39 is 5.97 Å². The lowest BCUT2D eigenvalue weighted by molar-refractivity contribution is 0.0698. The van der Waals surface area contributed by atoms with Crippen molar-refractivity contribution >= 4 is 17.3 Å². The number of nitrogens with two attached hydrogens (primary N) is 1. The van der Waals surface area contributed by atoms with Gasteiger partial charge < -0.3 is 16.2 Å². The van der Waals surface area contributed by atoms with Gasteiger partial charge in [-0.25, -0.2) is 4.79 Å². The van der Waals surface area contributed by atoms with Crippen LogP contribution in [0, 0.1) is 11.3 Å². The number of benzene rings is 1. The molecule has 0 spiro atoms. The molecule has 1 aromatic rings. The van der Waals surface area contributed by atoms with E-state index in [1.807, 2.05) is 0 Å². The first kappa shape index (κ1) is 11.8.